The van der Waals surface area contributed by atoms with Crippen molar-refractivity contribution in [3.8, 4) is 0 Å². The van der Waals surface area contributed by atoms with Gasteiger partial charge in [-0.25, -0.2) is 4.68 Å². The van der Waals surface area contributed by atoms with Gasteiger partial charge in [-0.15, -0.1) is 5.10 Å². The lowest BCUT2D eigenvalue weighted by Gasteiger charge is -2.17. The van der Waals surface area contributed by atoms with Crippen LogP contribution in [-0.2, 0) is 18.6 Å². The topological polar surface area (TPSA) is 84.7 Å². The Morgan fingerprint density at radius 3 is 2.41 bits per heavy atom. The summed E-state index contributed by atoms with van der Waals surface area (Å²) in [6.45, 7) is 6.65. The zero-order chi connectivity index (χ0) is 23.2. The summed E-state index contributed by atoms with van der Waals surface area (Å²) < 4.78 is 5.35. The molecule has 2 heterocycles. The van der Waals surface area contributed by atoms with Gasteiger partial charge in [-0.1, -0.05) is 46.1 Å². The first-order valence-corrected chi connectivity index (χ1v) is 11.2. The number of halogens is 3. The number of aliphatic hydroxyl groups is 1. The van der Waals surface area contributed by atoms with Crippen molar-refractivity contribution in [2.24, 2.45) is 0 Å². The maximum Gasteiger partial charge on any atom is 0.203 e. The van der Waals surface area contributed by atoms with Gasteiger partial charge in [0.25, 0.3) is 0 Å². The van der Waals surface area contributed by atoms with Gasteiger partial charge in [-0.3, -0.25) is 5.41 Å². The van der Waals surface area contributed by atoms with Crippen LogP contribution < -0.4 is 5.62 Å². The van der Waals surface area contributed by atoms with Gasteiger partial charge >= 0.3 is 0 Å². The van der Waals surface area contributed by atoms with E-state index < -0.39 is 6.10 Å². The molecule has 0 bridgehead atoms. The van der Waals surface area contributed by atoms with E-state index in [1.54, 1.807) is 38.1 Å². The zero-order valence-corrected chi connectivity index (χ0v) is 20.1. The summed E-state index contributed by atoms with van der Waals surface area (Å²) in [7, 11) is 0. The Labute approximate surface area is 200 Å². The van der Waals surface area contributed by atoms with Crippen molar-refractivity contribution in [2.45, 2.75) is 45.5 Å². The highest BCUT2D eigenvalue weighted by molar-refractivity contribution is 6.42. The van der Waals surface area contributed by atoms with Crippen molar-refractivity contribution in [2.75, 3.05) is 0 Å². The number of hydrogen-bond acceptors (Lipinski definition) is 4. The monoisotopic (exact) mass is 492 g/mol. The molecule has 32 heavy (non-hydrogen) atoms. The smallest absolute Gasteiger partial charge is 0.203 e. The van der Waals surface area contributed by atoms with Crippen LogP contribution in [0.25, 0.3) is 11.0 Å². The molecular weight excluding hydrogens is 471 g/mol. The molecule has 0 radical (unpaired) electrons. The SMILES string of the molecule is CC(C)(C)n1cc(Cn2c(=N)n(CC(O)c3ccc(Cl)c(Cl)c3)c3ccc(Cl)cc32)nn1. The number of hydrogen-bond donors (Lipinski definition) is 2. The van der Waals surface area contributed by atoms with Crippen LogP contribution in [0.3, 0.4) is 0 Å². The predicted octanol–water partition coefficient (Wildman–Crippen LogP) is 5.01. The quantitative estimate of drug-likeness (QED) is 0.410. The van der Waals surface area contributed by atoms with Gasteiger partial charge < -0.3 is 14.2 Å². The summed E-state index contributed by atoms with van der Waals surface area (Å²) in [6.07, 6.45) is 1.00. The molecular formula is C22H23Cl3N6O. The first-order valence-electron chi connectivity index (χ1n) is 10.0. The minimum atomic E-state index is -0.879. The second-order valence-corrected chi connectivity index (χ2v) is 9.92. The first-order chi connectivity index (χ1) is 15.0. The molecule has 0 spiro atoms. The van der Waals surface area contributed by atoms with Gasteiger partial charge in [-0.05, 0) is 56.7 Å². The van der Waals surface area contributed by atoms with Crippen molar-refractivity contribution in [1.82, 2.24) is 24.1 Å². The Balaban J connectivity index is 1.74. The average molecular weight is 494 g/mol. The van der Waals surface area contributed by atoms with Gasteiger partial charge in [0.2, 0.25) is 5.62 Å². The predicted molar refractivity (Wildman–Crippen MR) is 126 cm³/mol. The molecule has 0 saturated heterocycles. The molecule has 0 aliphatic heterocycles. The van der Waals surface area contributed by atoms with E-state index in [1.165, 1.54) is 0 Å². The third kappa shape index (κ3) is 4.43. The molecule has 1 unspecified atom stereocenters. The molecule has 0 aliphatic carbocycles. The minimum absolute atomic E-state index is 0.163. The molecule has 2 aromatic heterocycles. The maximum atomic E-state index is 10.9. The number of benzene rings is 2. The molecule has 0 saturated carbocycles. The largest absolute Gasteiger partial charge is 0.387 e. The van der Waals surface area contributed by atoms with Crippen molar-refractivity contribution < 1.29 is 5.11 Å². The van der Waals surface area contributed by atoms with E-state index >= 15 is 0 Å². The number of imidazole rings is 1. The van der Waals surface area contributed by atoms with E-state index in [0.717, 1.165) is 16.7 Å². The molecule has 4 aromatic rings. The Kier molecular flexibility index (Phi) is 6.11. The van der Waals surface area contributed by atoms with E-state index in [9.17, 15) is 5.11 Å². The summed E-state index contributed by atoms with van der Waals surface area (Å²) >= 11 is 18.4. The number of aliphatic hydroxyl groups excluding tert-OH is 1. The van der Waals surface area contributed by atoms with Crippen molar-refractivity contribution in [3.63, 3.8) is 0 Å². The molecule has 7 nitrogen and oxygen atoms in total. The second kappa shape index (κ2) is 8.56. The second-order valence-electron chi connectivity index (χ2n) is 8.67. The van der Waals surface area contributed by atoms with Crippen molar-refractivity contribution in [3.05, 3.63) is 74.5 Å². The lowest BCUT2D eigenvalue weighted by molar-refractivity contribution is 0.155. The van der Waals surface area contributed by atoms with E-state index in [4.69, 9.17) is 40.2 Å². The normalized spacial score (nSPS) is 13.1. The van der Waals surface area contributed by atoms with Crippen LogP contribution in [0.2, 0.25) is 15.1 Å². The molecule has 0 amide bonds. The minimum Gasteiger partial charge on any atom is -0.387 e. The number of nitrogens with one attached hydrogen (secondary N) is 1. The summed E-state index contributed by atoms with van der Waals surface area (Å²) in [4.78, 5) is 0. The van der Waals surface area contributed by atoms with Crippen molar-refractivity contribution in [1.29, 1.82) is 5.41 Å². The lowest BCUT2D eigenvalue weighted by Crippen LogP contribution is -2.27. The maximum absolute atomic E-state index is 10.9. The Morgan fingerprint density at radius 2 is 1.75 bits per heavy atom. The lowest BCUT2D eigenvalue weighted by atomic mass is 10.1. The average Bonchev–Trinajstić information content (AvgIpc) is 3.29. The van der Waals surface area contributed by atoms with Crippen LogP contribution in [0.1, 0.15) is 38.1 Å². The molecule has 1 atom stereocenters. The van der Waals surface area contributed by atoms with E-state index in [0.29, 0.717) is 27.2 Å². The number of aromatic nitrogens is 5. The summed E-state index contributed by atoms with van der Waals surface area (Å²) in [5.74, 6) is 0. The number of rotatable bonds is 5. The Hall–Kier alpha value is -2.32. The molecule has 0 fully saturated rings. The highest BCUT2D eigenvalue weighted by Gasteiger charge is 2.19. The van der Waals surface area contributed by atoms with Crippen LogP contribution in [0.15, 0.2) is 42.6 Å². The Morgan fingerprint density at radius 1 is 1.00 bits per heavy atom. The molecule has 4 rings (SSSR count). The van der Waals surface area contributed by atoms with Gasteiger partial charge in [0.15, 0.2) is 0 Å². The van der Waals surface area contributed by atoms with Crippen LogP contribution in [0, 0.1) is 5.41 Å². The van der Waals surface area contributed by atoms with Crippen LogP contribution >= 0.6 is 34.8 Å². The first kappa shape index (κ1) is 22.9. The standard InChI is InChI=1S/C22H23Cl3N6O/c1-22(2,3)31-11-15(27-28-31)10-29-19-9-14(23)5-7-18(19)30(21(29)26)12-20(32)13-4-6-16(24)17(25)8-13/h4-9,11,20,26,32H,10,12H2,1-3H3. The van der Waals surface area contributed by atoms with Gasteiger partial charge in [0.1, 0.15) is 5.69 Å². The fourth-order valence-corrected chi connectivity index (χ4v) is 3.99. The van der Waals surface area contributed by atoms with Crippen LogP contribution in [-0.4, -0.2) is 29.2 Å². The fourth-order valence-electron chi connectivity index (χ4n) is 3.52. The van der Waals surface area contributed by atoms with Crippen LogP contribution in [0.5, 0.6) is 0 Å². The van der Waals surface area contributed by atoms with Crippen molar-refractivity contribution >= 4 is 45.8 Å². The highest BCUT2D eigenvalue weighted by Crippen LogP contribution is 2.27. The zero-order valence-electron chi connectivity index (χ0n) is 17.9. The Bertz CT molecular complexity index is 1350. The third-order valence-electron chi connectivity index (χ3n) is 5.26. The summed E-state index contributed by atoms with van der Waals surface area (Å²) in [6, 6.07) is 10.4. The van der Waals surface area contributed by atoms with E-state index in [-0.39, 0.29) is 17.7 Å². The van der Waals surface area contributed by atoms with E-state index in [1.807, 2.05) is 39.1 Å². The van der Waals surface area contributed by atoms with E-state index in [2.05, 4.69) is 10.3 Å². The van der Waals surface area contributed by atoms with Gasteiger partial charge in [0, 0.05) is 5.02 Å². The highest BCUT2D eigenvalue weighted by atomic mass is 35.5. The van der Waals surface area contributed by atoms with Crippen LogP contribution in [0.4, 0.5) is 0 Å². The summed E-state index contributed by atoms with van der Waals surface area (Å²) in [5.41, 5.74) is 2.92. The summed E-state index contributed by atoms with van der Waals surface area (Å²) in [5, 5.41) is 29.5. The molecule has 168 valence electrons. The molecule has 10 heteroatoms. The third-order valence-corrected chi connectivity index (χ3v) is 6.24. The molecule has 0 aliphatic rings. The molecule has 2 N–H and O–H groups in total. The number of nitrogens with zero attached hydrogens (tertiary/aromatic N) is 5. The van der Waals surface area contributed by atoms with Gasteiger partial charge in [0.05, 0.1) is 52.0 Å². The molecule has 2 aromatic carbocycles. The number of fused-ring (bicyclic) bond motifs is 1. The fraction of sp³-hybridized carbons (Fsp3) is 0.318. The van der Waals surface area contributed by atoms with Gasteiger partial charge in [-0.2, -0.15) is 0 Å².